The van der Waals surface area contributed by atoms with Crippen LogP contribution in [0.4, 0.5) is 9.59 Å². The molecule has 2 aliphatic rings. The predicted molar refractivity (Wildman–Crippen MR) is 127 cm³/mol. The van der Waals surface area contributed by atoms with Crippen LogP contribution in [0, 0.1) is 0 Å². The van der Waals surface area contributed by atoms with E-state index in [1.54, 1.807) is 52.0 Å². The molecule has 1 aromatic heterocycles. The Morgan fingerprint density at radius 3 is 1.36 bits per heavy atom. The molecule has 2 aromatic rings. The fraction of sp³-hybridized carbons (Fsp3) is 0.522. The molecule has 3 heterocycles. The Balaban J connectivity index is 1.54. The van der Waals surface area contributed by atoms with Gasteiger partial charge in [0.05, 0.1) is 49.4 Å². The SMILES string of the molecule is CC1(C)NC(=O)N(CC(O)Cn2c(=O)n(CC(O)CN3C(=O)NC(C)(C)C3=O)c3ccccc32)C1=O. The third-order valence-corrected chi connectivity index (χ3v) is 6.39. The van der Waals surface area contributed by atoms with E-state index >= 15 is 0 Å². The first-order valence-electron chi connectivity index (χ1n) is 11.6. The normalized spacial score (nSPS) is 20.7. The van der Waals surface area contributed by atoms with Gasteiger partial charge in [-0.1, -0.05) is 12.1 Å². The molecule has 2 saturated heterocycles. The van der Waals surface area contributed by atoms with Gasteiger partial charge in [-0.15, -0.1) is 0 Å². The van der Waals surface area contributed by atoms with Crippen LogP contribution < -0.4 is 16.3 Å². The molecule has 36 heavy (non-hydrogen) atoms. The molecule has 2 aliphatic heterocycles. The summed E-state index contributed by atoms with van der Waals surface area (Å²) in [6.45, 7) is 5.22. The maximum Gasteiger partial charge on any atom is 0.329 e. The Bertz CT molecular complexity index is 1210. The van der Waals surface area contributed by atoms with Crippen LogP contribution in [0.1, 0.15) is 27.7 Å². The lowest BCUT2D eigenvalue weighted by Gasteiger charge is -2.20. The Kier molecular flexibility index (Phi) is 6.17. The molecule has 4 rings (SSSR count). The molecule has 0 bridgehead atoms. The zero-order chi connectivity index (χ0) is 26.6. The summed E-state index contributed by atoms with van der Waals surface area (Å²) in [7, 11) is 0. The highest BCUT2D eigenvalue weighted by atomic mass is 16.3. The number of carbonyl (C=O) groups excluding carboxylic acids is 4. The van der Waals surface area contributed by atoms with E-state index in [9.17, 15) is 34.2 Å². The van der Waals surface area contributed by atoms with Gasteiger partial charge in [0, 0.05) is 0 Å². The number of hydrogen-bond donors (Lipinski definition) is 4. The highest BCUT2D eigenvalue weighted by Gasteiger charge is 2.45. The second-order valence-electron chi connectivity index (χ2n) is 10.2. The second kappa shape index (κ2) is 8.75. The number of para-hydroxylation sites is 2. The molecule has 0 radical (unpaired) electrons. The first kappa shape index (κ1) is 25.4. The van der Waals surface area contributed by atoms with Crippen molar-refractivity contribution in [1.29, 1.82) is 0 Å². The summed E-state index contributed by atoms with van der Waals surface area (Å²) in [5.74, 6) is -0.957. The fourth-order valence-corrected chi connectivity index (χ4v) is 4.55. The highest BCUT2D eigenvalue weighted by molar-refractivity contribution is 6.07. The van der Waals surface area contributed by atoms with E-state index in [4.69, 9.17) is 0 Å². The van der Waals surface area contributed by atoms with E-state index in [0.717, 1.165) is 9.80 Å². The smallest absolute Gasteiger partial charge is 0.329 e. The summed E-state index contributed by atoms with van der Waals surface area (Å²) >= 11 is 0. The zero-order valence-corrected chi connectivity index (χ0v) is 20.5. The van der Waals surface area contributed by atoms with Gasteiger partial charge in [0.2, 0.25) is 0 Å². The predicted octanol–water partition coefficient (Wildman–Crippen LogP) is -0.814. The van der Waals surface area contributed by atoms with E-state index in [1.807, 2.05) is 0 Å². The number of nitrogens with one attached hydrogen (secondary N) is 2. The van der Waals surface area contributed by atoms with Crippen LogP contribution in [0.3, 0.4) is 0 Å². The van der Waals surface area contributed by atoms with Crippen LogP contribution in [0.5, 0.6) is 0 Å². The van der Waals surface area contributed by atoms with Crippen molar-refractivity contribution < 1.29 is 29.4 Å². The first-order valence-corrected chi connectivity index (χ1v) is 11.6. The van der Waals surface area contributed by atoms with Crippen LogP contribution in [-0.4, -0.2) is 89.4 Å². The van der Waals surface area contributed by atoms with Crippen LogP contribution in [-0.2, 0) is 22.7 Å². The molecule has 6 amide bonds. The Morgan fingerprint density at radius 2 is 1.06 bits per heavy atom. The van der Waals surface area contributed by atoms with Gasteiger partial charge in [-0.2, -0.15) is 0 Å². The molecule has 2 atom stereocenters. The average Bonchev–Trinajstić information content (AvgIpc) is 3.24. The number of imidazole rings is 1. The van der Waals surface area contributed by atoms with Crippen molar-refractivity contribution in [2.24, 2.45) is 0 Å². The molecule has 0 spiro atoms. The van der Waals surface area contributed by atoms with Crippen LogP contribution in [0.25, 0.3) is 11.0 Å². The monoisotopic (exact) mass is 502 g/mol. The number of aromatic nitrogens is 2. The summed E-state index contributed by atoms with van der Waals surface area (Å²) in [6, 6.07) is 5.52. The number of rotatable bonds is 8. The van der Waals surface area contributed by atoms with Crippen molar-refractivity contribution in [3.8, 4) is 0 Å². The van der Waals surface area contributed by atoms with Gasteiger partial charge in [0.25, 0.3) is 11.8 Å². The Morgan fingerprint density at radius 1 is 0.694 bits per heavy atom. The van der Waals surface area contributed by atoms with Crippen molar-refractivity contribution in [2.45, 2.75) is 64.1 Å². The van der Waals surface area contributed by atoms with Gasteiger partial charge in [0.1, 0.15) is 11.1 Å². The highest BCUT2D eigenvalue weighted by Crippen LogP contribution is 2.20. The number of β-amino-alcohol motifs (C(OH)–C–C–N with tert-alkyl or cyclic N) is 2. The molecule has 194 valence electrons. The number of amides is 6. The topological polar surface area (TPSA) is 166 Å². The zero-order valence-electron chi connectivity index (χ0n) is 20.5. The number of aliphatic hydroxyl groups is 2. The quantitative estimate of drug-likeness (QED) is 0.342. The van der Waals surface area contributed by atoms with Gasteiger partial charge in [-0.05, 0) is 39.8 Å². The summed E-state index contributed by atoms with van der Waals surface area (Å²) < 4.78 is 2.60. The number of nitrogens with zero attached hydrogens (tertiary/aromatic N) is 4. The molecule has 1 aromatic carbocycles. The van der Waals surface area contributed by atoms with Gasteiger partial charge in [-0.25, -0.2) is 14.4 Å². The number of benzene rings is 1. The number of urea groups is 2. The number of imide groups is 2. The summed E-state index contributed by atoms with van der Waals surface area (Å²) in [6.07, 6.45) is -2.47. The van der Waals surface area contributed by atoms with E-state index < -0.39 is 52.9 Å². The average molecular weight is 503 g/mol. The van der Waals surface area contributed by atoms with Gasteiger partial charge in [0.15, 0.2) is 0 Å². The van der Waals surface area contributed by atoms with Crippen molar-refractivity contribution in [3.63, 3.8) is 0 Å². The number of aliphatic hydroxyl groups excluding tert-OH is 2. The minimum atomic E-state index is -1.23. The Hall–Kier alpha value is -3.71. The second-order valence-corrected chi connectivity index (χ2v) is 10.2. The van der Waals surface area contributed by atoms with E-state index in [2.05, 4.69) is 10.6 Å². The lowest BCUT2D eigenvalue weighted by atomic mass is 10.1. The summed E-state index contributed by atoms with van der Waals surface area (Å²) in [5.41, 5.74) is -1.75. The molecular formula is C23H30N6O7. The molecule has 4 N–H and O–H groups in total. The minimum absolute atomic E-state index is 0.207. The fourth-order valence-electron chi connectivity index (χ4n) is 4.55. The lowest BCUT2D eigenvalue weighted by molar-refractivity contribution is -0.131. The van der Waals surface area contributed by atoms with Crippen molar-refractivity contribution in [2.75, 3.05) is 13.1 Å². The van der Waals surface area contributed by atoms with Gasteiger partial charge in [-0.3, -0.25) is 28.5 Å². The molecular weight excluding hydrogens is 472 g/mol. The third kappa shape index (κ3) is 4.35. The molecule has 0 aliphatic carbocycles. The van der Waals surface area contributed by atoms with Crippen LogP contribution >= 0.6 is 0 Å². The van der Waals surface area contributed by atoms with Crippen molar-refractivity contribution in [3.05, 3.63) is 34.7 Å². The van der Waals surface area contributed by atoms with Crippen molar-refractivity contribution >= 4 is 34.9 Å². The minimum Gasteiger partial charge on any atom is -0.389 e. The molecule has 2 fully saturated rings. The van der Waals surface area contributed by atoms with E-state index in [0.29, 0.717) is 11.0 Å². The summed E-state index contributed by atoms with van der Waals surface area (Å²) in [5, 5.41) is 26.4. The number of hydrogen-bond acceptors (Lipinski definition) is 7. The van der Waals surface area contributed by atoms with Crippen molar-refractivity contribution in [1.82, 2.24) is 29.6 Å². The largest absolute Gasteiger partial charge is 0.389 e. The van der Waals surface area contributed by atoms with E-state index in [1.165, 1.54) is 9.13 Å². The Labute approximate surface area is 206 Å². The lowest BCUT2D eigenvalue weighted by Crippen LogP contribution is -2.43. The van der Waals surface area contributed by atoms with Gasteiger partial charge < -0.3 is 20.8 Å². The maximum absolute atomic E-state index is 13.3. The maximum atomic E-state index is 13.3. The number of fused-ring (bicyclic) bond motifs is 1. The van der Waals surface area contributed by atoms with Crippen LogP contribution in [0.15, 0.2) is 29.1 Å². The molecule has 13 heteroatoms. The summed E-state index contributed by atoms with van der Waals surface area (Å²) in [4.78, 5) is 64.3. The standard InChI is InChI=1S/C23H30N6O7/c1-22(2)17(32)28(19(34)24-22)11-13(30)9-26-15-7-5-6-8-16(15)27(21(26)36)10-14(31)12-29-18(33)23(3,4)25-20(29)35/h5-8,13-14,30-31H,9-12H2,1-4H3,(H,24,34)(H,25,35). The number of carbonyl (C=O) groups is 4. The van der Waals surface area contributed by atoms with Gasteiger partial charge >= 0.3 is 17.8 Å². The van der Waals surface area contributed by atoms with E-state index in [-0.39, 0.29) is 26.2 Å². The third-order valence-electron chi connectivity index (χ3n) is 6.39. The van der Waals surface area contributed by atoms with Crippen LogP contribution in [0.2, 0.25) is 0 Å². The molecule has 13 nitrogen and oxygen atoms in total. The first-order chi connectivity index (χ1) is 16.7. The molecule has 0 saturated carbocycles. The molecule has 2 unspecified atom stereocenters.